The molecule has 0 heterocycles. The molecule has 0 aromatic heterocycles. The number of carbonyl (C=O) groups is 3. The van der Waals surface area contributed by atoms with Gasteiger partial charge in [0.2, 0.25) is 0 Å². The average Bonchev–Trinajstić information content (AvgIpc) is 3.29. The van der Waals surface area contributed by atoms with Crippen LogP contribution in [0, 0.1) is 0 Å². The third-order valence-corrected chi connectivity index (χ3v) is 10.2. The topological polar surface area (TPSA) is 128 Å². The number of ether oxygens (including phenoxy) is 8. The van der Waals surface area contributed by atoms with E-state index in [4.69, 9.17) is 37.9 Å². The number of allylic oxidation sites excluding steroid dienone is 8. The Balaban J connectivity index is 5.18. The van der Waals surface area contributed by atoms with Gasteiger partial charge in [0.1, 0.15) is 6.10 Å². The largest absolute Gasteiger partial charge is 0.508 e. The molecule has 64 heavy (non-hydrogen) atoms. The Hall–Kier alpha value is -3.03. The van der Waals surface area contributed by atoms with Crippen molar-refractivity contribution in [1.29, 1.82) is 0 Å². The summed E-state index contributed by atoms with van der Waals surface area (Å²) in [6, 6.07) is 0. The highest BCUT2D eigenvalue weighted by atomic mass is 16.7. The van der Waals surface area contributed by atoms with Crippen LogP contribution in [0.25, 0.3) is 0 Å². The molecule has 0 aliphatic heterocycles. The second-order valence-electron chi connectivity index (χ2n) is 16.0. The molecule has 0 saturated carbocycles. The number of esters is 2. The first kappa shape index (κ1) is 61.0. The molecular formula is C52H93NO11. The smallest absolute Gasteiger partial charge is 0.466 e. The Morgan fingerprint density at radius 2 is 0.812 bits per heavy atom. The molecule has 12 nitrogen and oxygen atoms in total. The fraction of sp³-hybridized carbons (Fsp3) is 0.788. The average molecular weight is 908 g/mol. The molecule has 0 saturated heterocycles. The number of nitrogens with zero attached hydrogens (tertiary/aromatic N) is 1. The molecule has 0 radical (unpaired) electrons. The summed E-state index contributed by atoms with van der Waals surface area (Å²) in [5.41, 5.74) is 0. The van der Waals surface area contributed by atoms with E-state index in [2.05, 4.69) is 88.1 Å². The minimum atomic E-state index is -0.804. The van der Waals surface area contributed by atoms with Crippen LogP contribution in [0.4, 0.5) is 4.79 Å². The van der Waals surface area contributed by atoms with E-state index in [0.29, 0.717) is 45.7 Å². The maximum Gasteiger partial charge on any atom is 0.508 e. The van der Waals surface area contributed by atoms with E-state index in [9.17, 15) is 14.4 Å². The monoisotopic (exact) mass is 908 g/mol. The second-order valence-corrected chi connectivity index (χ2v) is 16.0. The van der Waals surface area contributed by atoms with Crippen LogP contribution in [0.2, 0.25) is 0 Å². The van der Waals surface area contributed by atoms with Crippen LogP contribution in [0.3, 0.4) is 0 Å². The van der Waals surface area contributed by atoms with Crippen LogP contribution in [0.1, 0.15) is 182 Å². The van der Waals surface area contributed by atoms with Gasteiger partial charge in [-0.2, -0.15) is 0 Å². The van der Waals surface area contributed by atoms with E-state index in [0.717, 1.165) is 116 Å². The third-order valence-electron chi connectivity index (χ3n) is 10.2. The van der Waals surface area contributed by atoms with Crippen LogP contribution >= 0.6 is 0 Å². The summed E-state index contributed by atoms with van der Waals surface area (Å²) in [6.07, 6.45) is 33.1. The van der Waals surface area contributed by atoms with Crippen LogP contribution in [0.5, 0.6) is 0 Å². The van der Waals surface area contributed by atoms with Crippen molar-refractivity contribution in [2.75, 3.05) is 66.4 Å². The molecule has 0 aromatic carbocycles. The Morgan fingerprint density at radius 1 is 0.438 bits per heavy atom. The predicted octanol–water partition coefficient (Wildman–Crippen LogP) is 12.5. The molecule has 0 rings (SSSR count). The zero-order chi connectivity index (χ0) is 47.0. The van der Waals surface area contributed by atoms with E-state index >= 15 is 0 Å². The van der Waals surface area contributed by atoms with Crippen molar-refractivity contribution in [3.8, 4) is 0 Å². The molecular weight excluding hydrogens is 815 g/mol. The Morgan fingerprint density at radius 3 is 1.16 bits per heavy atom. The van der Waals surface area contributed by atoms with Crippen LogP contribution in [-0.4, -0.2) is 108 Å². The molecule has 0 aromatic rings. The van der Waals surface area contributed by atoms with Crippen LogP contribution < -0.4 is 0 Å². The van der Waals surface area contributed by atoms with Gasteiger partial charge in [-0.05, 0) is 123 Å². The minimum absolute atomic E-state index is 0.0229. The van der Waals surface area contributed by atoms with Crippen molar-refractivity contribution < 1.29 is 52.3 Å². The standard InChI is InChI=1S/C52H93NO11/c1-7-12-16-20-24-28-40-59-50(60-41-29-25-21-17-13-8-2)35-33-48(54)57-45-37-47(64-52(56)63-44-32-39-53(6)11-5)38-46-58-49(55)34-36-51(61-42-30-26-22-18-14-9-3)62-43-31-27-23-19-15-10-4/h12-19,47,50-51H,7-11,20-46H2,1-6H3/b16-12-,17-13-,18-14-,19-15-. The second kappa shape index (κ2) is 47.9. The summed E-state index contributed by atoms with van der Waals surface area (Å²) in [5.74, 6) is -0.778. The first-order valence-electron chi connectivity index (χ1n) is 25.2. The van der Waals surface area contributed by atoms with E-state index in [-0.39, 0.29) is 57.4 Å². The molecule has 0 N–H and O–H groups in total. The summed E-state index contributed by atoms with van der Waals surface area (Å²) in [4.78, 5) is 40.6. The summed E-state index contributed by atoms with van der Waals surface area (Å²) in [6.45, 7) is 14.8. The molecule has 0 spiro atoms. The van der Waals surface area contributed by atoms with Crippen molar-refractivity contribution in [3.63, 3.8) is 0 Å². The fourth-order valence-corrected chi connectivity index (χ4v) is 6.19. The summed E-state index contributed by atoms with van der Waals surface area (Å²) < 4.78 is 46.4. The van der Waals surface area contributed by atoms with Crippen molar-refractivity contribution >= 4 is 18.1 Å². The van der Waals surface area contributed by atoms with Gasteiger partial charge in [0.05, 0.1) is 32.7 Å². The summed E-state index contributed by atoms with van der Waals surface area (Å²) in [5, 5.41) is 0. The zero-order valence-electron chi connectivity index (χ0n) is 41.4. The number of carbonyl (C=O) groups excluding carboxylic acids is 3. The van der Waals surface area contributed by atoms with Gasteiger partial charge in [0.25, 0.3) is 0 Å². The highest BCUT2D eigenvalue weighted by Gasteiger charge is 2.20. The van der Waals surface area contributed by atoms with Gasteiger partial charge in [-0.1, -0.05) is 83.2 Å². The van der Waals surface area contributed by atoms with E-state index in [1.54, 1.807) is 0 Å². The van der Waals surface area contributed by atoms with Gasteiger partial charge in [-0.25, -0.2) is 4.79 Å². The lowest BCUT2D eigenvalue weighted by molar-refractivity contribution is -0.160. The normalized spacial score (nSPS) is 12.2. The Labute approximate surface area is 390 Å². The van der Waals surface area contributed by atoms with Crippen LogP contribution in [-0.2, 0) is 47.5 Å². The van der Waals surface area contributed by atoms with Crippen molar-refractivity contribution in [2.24, 2.45) is 0 Å². The zero-order valence-corrected chi connectivity index (χ0v) is 41.4. The number of hydrogen-bond acceptors (Lipinski definition) is 12. The maximum atomic E-state index is 12.9. The molecule has 0 aliphatic rings. The lowest BCUT2D eigenvalue weighted by Gasteiger charge is -2.20. The number of rotatable bonds is 46. The lowest BCUT2D eigenvalue weighted by Crippen LogP contribution is -2.25. The number of hydrogen-bond donors (Lipinski definition) is 0. The van der Waals surface area contributed by atoms with Crippen molar-refractivity contribution in [1.82, 2.24) is 4.90 Å². The van der Waals surface area contributed by atoms with Gasteiger partial charge < -0.3 is 42.8 Å². The third kappa shape index (κ3) is 42.9. The van der Waals surface area contributed by atoms with Gasteiger partial charge >= 0.3 is 18.1 Å². The summed E-state index contributed by atoms with van der Waals surface area (Å²) in [7, 11) is 2.00. The fourth-order valence-electron chi connectivity index (χ4n) is 6.19. The molecule has 0 atom stereocenters. The molecule has 0 fully saturated rings. The van der Waals surface area contributed by atoms with Gasteiger partial charge in [0.15, 0.2) is 12.6 Å². The van der Waals surface area contributed by atoms with Gasteiger partial charge in [-0.15, -0.1) is 0 Å². The Kier molecular flexibility index (Phi) is 45.6. The molecule has 0 amide bonds. The Bertz CT molecular complexity index is 1070. The van der Waals surface area contributed by atoms with Crippen molar-refractivity contribution in [2.45, 2.75) is 201 Å². The van der Waals surface area contributed by atoms with Crippen molar-refractivity contribution in [3.05, 3.63) is 48.6 Å². The molecule has 0 unspecified atom stereocenters. The molecule has 12 heteroatoms. The lowest BCUT2D eigenvalue weighted by atomic mass is 10.2. The van der Waals surface area contributed by atoms with Crippen LogP contribution in [0.15, 0.2) is 48.6 Å². The minimum Gasteiger partial charge on any atom is -0.466 e. The maximum absolute atomic E-state index is 12.9. The molecule has 0 bridgehead atoms. The van der Waals surface area contributed by atoms with E-state index in [1.165, 1.54) is 0 Å². The van der Waals surface area contributed by atoms with Gasteiger partial charge in [-0.3, -0.25) is 9.59 Å². The van der Waals surface area contributed by atoms with E-state index in [1.807, 2.05) is 7.05 Å². The SMILES string of the molecule is CC/C=C\CCCCOC(CCC(=O)OCCC(CCOC(=O)CCC(OCCCC/C=C\CC)OCCCC/C=C\CC)OC(=O)OCCCN(C)CC)OCCCC/C=C\CC. The quantitative estimate of drug-likeness (QED) is 0.0190. The predicted molar refractivity (Wildman–Crippen MR) is 258 cm³/mol. The van der Waals surface area contributed by atoms with Gasteiger partial charge in [0, 0.05) is 58.7 Å². The highest BCUT2D eigenvalue weighted by Crippen LogP contribution is 2.14. The summed E-state index contributed by atoms with van der Waals surface area (Å²) >= 11 is 0. The molecule has 0 aliphatic carbocycles. The first-order chi connectivity index (χ1) is 31.3. The first-order valence-corrected chi connectivity index (χ1v) is 25.2. The van der Waals surface area contributed by atoms with E-state index < -0.39 is 24.8 Å². The highest BCUT2D eigenvalue weighted by molar-refractivity contribution is 5.69. The molecule has 372 valence electrons. The number of unbranched alkanes of at least 4 members (excludes halogenated alkanes) is 8.